The van der Waals surface area contributed by atoms with Crippen LogP contribution in [-0.2, 0) is 5.88 Å². The van der Waals surface area contributed by atoms with Crippen LogP contribution in [0.2, 0.25) is 5.15 Å². The maximum absolute atomic E-state index is 5.72. The van der Waals surface area contributed by atoms with Crippen LogP contribution in [0.4, 0.5) is 0 Å². The minimum Gasteiger partial charge on any atom is -0.244 e. The van der Waals surface area contributed by atoms with Crippen molar-refractivity contribution < 1.29 is 0 Å². The first-order chi connectivity index (χ1) is 4.75. The quantitative estimate of drug-likeness (QED) is 0.473. The minimum absolute atomic E-state index is 0.494. The van der Waals surface area contributed by atoms with Crippen LogP contribution in [0.15, 0.2) is 12.3 Å². The van der Waals surface area contributed by atoms with Crippen LogP contribution in [0.25, 0.3) is 0 Å². The number of nitrogens with zero attached hydrogens (tertiary/aromatic N) is 1. The van der Waals surface area contributed by atoms with Gasteiger partial charge in [-0.1, -0.05) is 11.6 Å². The van der Waals surface area contributed by atoms with Crippen molar-refractivity contribution in [3.63, 3.8) is 0 Å². The van der Waals surface area contributed by atoms with E-state index in [-0.39, 0.29) is 0 Å². The second kappa shape index (κ2) is 3.22. The highest BCUT2D eigenvalue weighted by Crippen LogP contribution is 2.16. The number of pyridine rings is 1. The molecule has 1 rings (SSSR count). The lowest BCUT2D eigenvalue weighted by Gasteiger charge is -2.00. The fourth-order valence-electron chi connectivity index (χ4n) is 0.692. The lowest BCUT2D eigenvalue weighted by Crippen LogP contribution is -1.87. The van der Waals surface area contributed by atoms with E-state index in [9.17, 15) is 0 Å². The first-order valence-electron chi connectivity index (χ1n) is 2.91. The van der Waals surface area contributed by atoms with Crippen molar-refractivity contribution in [1.29, 1.82) is 0 Å². The second-order valence-electron chi connectivity index (χ2n) is 2.02. The van der Waals surface area contributed by atoms with E-state index in [1.165, 1.54) is 0 Å². The van der Waals surface area contributed by atoms with E-state index < -0.39 is 0 Å². The molecule has 0 amide bonds. The predicted molar refractivity (Wildman–Crippen MR) is 43.5 cm³/mol. The van der Waals surface area contributed by atoms with Gasteiger partial charge >= 0.3 is 0 Å². The average molecular weight is 176 g/mol. The minimum atomic E-state index is 0.494. The van der Waals surface area contributed by atoms with E-state index in [0.717, 1.165) is 11.1 Å². The molecule has 0 spiro atoms. The van der Waals surface area contributed by atoms with Crippen LogP contribution in [0.1, 0.15) is 11.1 Å². The summed E-state index contributed by atoms with van der Waals surface area (Å²) in [5.74, 6) is 0.494. The van der Waals surface area contributed by atoms with Crippen LogP contribution in [0.5, 0.6) is 0 Å². The Morgan fingerprint density at radius 2 is 2.30 bits per heavy atom. The summed E-state index contributed by atoms with van der Waals surface area (Å²) < 4.78 is 0. The average Bonchev–Trinajstić information content (AvgIpc) is 1.95. The molecule has 0 saturated heterocycles. The second-order valence-corrected chi connectivity index (χ2v) is 2.64. The van der Waals surface area contributed by atoms with E-state index in [1.54, 1.807) is 6.20 Å². The molecule has 54 valence electrons. The number of rotatable bonds is 1. The van der Waals surface area contributed by atoms with Crippen LogP contribution >= 0.6 is 23.2 Å². The molecule has 1 heterocycles. The van der Waals surface area contributed by atoms with Gasteiger partial charge in [0, 0.05) is 12.1 Å². The first-order valence-corrected chi connectivity index (χ1v) is 3.83. The lowest BCUT2D eigenvalue weighted by atomic mass is 10.2. The molecule has 0 fully saturated rings. The smallest absolute Gasteiger partial charge is 0.132 e. The summed E-state index contributed by atoms with van der Waals surface area (Å²) in [6, 6.07) is 1.87. The summed E-state index contributed by atoms with van der Waals surface area (Å²) in [5.41, 5.74) is 2.01. The Morgan fingerprint density at radius 3 is 2.80 bits per heavy atom. The Morgan fingerprint density at radius 1 is 1.60 bits per heavy atom. The molecule has 3 heteroatoms. The molecule has 10 heavy (non-hydrogen) atoms. The maximum Gasteiger partial charge on any atom is 0.132 e. The van der Waals surface area contributed by atoms with Crippen molar-refractivity contribution in [1.82, 2.24) is 4.98 Å². The third-order valence-corrected chi connectivity index (χ3v) is 2.07. The predicted octanol–water partition coefficient (Wildman–Crippen LogP) is 2.78. The number of alkyl halides is 1. The lowest BCUT2D eigenvalue weighted by molar-refractivity contribution is 1.20. The van der Waals surface area contributed by atoms with Crippen LogP contribution in [0, 0.1) is 6.92 Å². The Balaban J connectivity index is 3.14. The van der Waals surface area contributed by atoms with Crippen molar-refractivity contribution in [2.75, 3.05) is 0 Å². The molecule has 0 unspecified atom stereocenters. The van der Waals surface area contributed by atoms with E-state index in [4.69, 9.17) is 23.2 Å². The van der Waals surface area contributed by atoms with Gasteiger partial charge in [-0.3, -0.25) is 0 Å². The normalized spacial score (nSPS) is 9.90. The van der Waals surface area contributed by atoms with Crippen LogP contribution in [-0.4, -0.2) is 4.98 Å². The molecule has 1 aromatic heterocycles. The van der Waals surface area contributed by atoms with Gasteiger partial charge in [-0.05, 0) is 24.1 Å². The topological polar surface area (TPSA) is 12.9 Å². The SMILES string of the molecule is Cc1c(CCl)ccnc1Cl. The molecule has 0 aromatic carbocycles. The van der Waals surface area contributed by atoms with Crippen molar-refractivity contribution in [3.8, 4) is 0 Å². The zero-order valence-electron chi connectivity index (χ0n) is 5.56. The largest absolute Gasteiger partial charge is 0.244 e. The fraction of sp³-hybridized carbons (Fsp3) is 0.286. The molecule has 0 aliphatic carbocycles. The van der Waals surface area contributed by atoms with Gasteiger partial charge in [0.05, 0.1) is 0 Å². The molecule has 1 aromatic rings. The van der Waals surface area contributed by atoms with Crippen LogP contribution in [0.3, 0.4) is 0 Å². The molecule has 0 atom stereocenters. The van der Waals surface area contributed by atoms with Gasteiger partial charge in [-0.25, -0.2) is 4.98 Å². The number of aromatic nitrogens is 1. The Kier molecular flexibility index (Phi) is 2.52. The van der Waals surface area contributed by atoms with Gasteiger partial charge in [0.2, 0.25) is 0 Å². The molecular weight excluding hydrogens is 169 g/mol. The van der Waals surface area contributed by atoms with Gasteiger partial charge in [-0.2, -0.15) is 0 Å². The van der Waals surface area contributed by atoms with Crippen molar-refractivity contribution in [2.45, 2.75) is 12.8 Å². The first kappa shape index (κ1) is 7.83. The van der Waals surface area contributed by atoms with Gasteiger partial charge in [0.1, 0.15) is 5.15 Å². The van der Waals surface area contributed by atoms with Gasteiger partial charge in [0.25, 0.3) is 0 Å². The van der Waals surface area contributed by atoms with Gasteiger partial charge in [-0.15, -0.1) is 11.6 Å². The summed E-state index contributed by atoms with van der Waals surface area (Å²) in [5, 5.41) is 0.540. The zero-order valence-corrected chi connectivity index (χ0v) is 7.08. The third kappa shape index (κ3) is 1.41. The monoisotopic (exact) mass is 175 g/mol. The van der Waals surface area contributed by atoms with Crippen molar-refractivity contribution in [3.05, 3.63) is 28.5 Å². The van der Waals surface area contributed by atoms with Crippen molar-refractivity contribution >= 4 is 23.2 Å². The summed E-state index contributed by atoms with van der Waals surface area (Å²) in [7, 11) is 0. The summed E-state index contributed by atoms with van der Waals surface area (Å²) in [4.78, 5) is 3.89. The van der Waals surface area contributed by atoms with E-state index >= 15 is 0 Å². The number of hydrogen-bond acceptors (Lipinski definition) is 1. The maximum atomic E-state index is 5.72. The highest BCUT2D eigenvalue weighted by molar-refractivity contribution is 6.30. The van der Waals surface area contributed by atoms with Crippen molar-refractivity contribution in [2.24, 2.45) is 0 Å². The zero-order chi connectivity index (χ0) is 7.56. The Labute approximate surface area is 70.0 Å². The van der Waals surface area contributed by atoms with E-state index in [1.807, 2.05) is 13.0 Å². The summed E-state index contributed by atoms with van der Waals surface area (Å²) in [6.07, 6.45) is 1.66. The van der Waals surface area contributed by atoms with Gasteiger partial charge in [0.15, 0.2) is 0 Å². The summed E-state index contributed by atoms with van der Waals surface area (Å²) >= 11 is 11.3. The molecule has 0 aliphatic rings. The van der Waals surface area contributed by atoms with E-state index in [0.29, 0.717) is 11.0 Å². The van der Waals surface area contributed by atoms with Gasteiger partial charge < -0.3 is 0 Å². The fourth-order valence-corrected chi connectivity index (χ4v) is 1.16. The summed E-state index contributed by atoms with van der Waals surface area (Å²) in [6.45, 7) is 1.91. The molecule has 0 saturated carbocycles. The molecule has 0 aliphatic heterocycles. The number of hydrogen-bond donors (Lipinski definition) is 0. The highest BCUT2D eigenvalue weighted by Gasteiger charge is 1.99. The molecule has 0 bridgehead atoms. The number of halogens is 2. The molecular formula is C7H7Cl2N. The standard InChI is InChI=1S/C7H7Cl2N/c1-5-6(4-8)2-3-10-7(5)9/h2-3H,4H2,1H3. The molecule has 1 nitrogen and oxygen atoms in total. The Bertz CT molecular complexity index is 235. The molecule has 0 radical (unpaired) electrons. The third-order valence-electron chi connectivity index (χ3n) is 1.40. The Hall–Kier alpha value is -0.270. The van der Waals surface area contributed by atoms with E-state index in [2.05, 4.69) is 4.98 Å². The molecule has 0 N–H and O–H groups in total. The van der Waals surface area contributed by atoms with Crippen LogP contribution < -0.4 is 0 Å². The highest BCUT2D eigenvalue weighted by atomic mass is 35.5.